The van der Waals surface area contributed by atoms with Crippen molar-refractivity contribution in [1.29, 1.82) is 0 Å². The van der Waals surface area contributed by atoms with E-state index in [2.05, 4.69) is 68.2 Å². The molecule has 1 aliphatic heterocycles. The van der Waals surface area contributed by atoms with Crippen molar-refractivity contribution in [2.75, 3.05) is 38.7 Å². The summed E-state index contributed by atoms with van der Waals surface area (Å²) in [6.07, 6.45) is 5.84. The molecule has 5 nitrogen and oxygen atoms in total. The Kier molecular flexibility index (Phi) is 7.11. The van der Waals surface area contributed by atoms with Crippen LogP contribution in [0, 0.1) is 19.3 Å². The van der Waals surface area contributed by atoms with Gasteiger partial charge in [0, 0.05) is 30.1 Å². The van der Waals surface area contributed by atoms with Crippen LogP contribution in [-0.4, -0.2) is 43.2 Å². The topological polar surface area (TPSA) is 46.6 Å². The van der Waals surface area contributed by atoms with Gasteiger partial charge in [0.1, 0.15) is 17.3 Å². The standard InChI is InChI=1S/C31H41N3O2/c1-21-9-10-23(29(15-21)35-5)20-32-30-26-19-31(3,4)18-25(26)24-16-22(2)28(17-27(24)33-30)36-14-8-13-34-11-6-7-12-34/h9-10,15-17H,6-8,11-14,18-20H2,1-5H3,(H,32,33). The van der Waals surface area contributed by atoms with Crippen LogP contribution < -0.4 is 14.8 Å². The van der Waals surface area contributed by atoms with Crippen LogP contribution in [0.4, 0.5) is 5.82 Å². The average molecular weight is 488 g/mol. The molecule has 3 aromatic rings. The third kappa shape index (κ3) is 5.31. The van der Waals surface area contributed by atoms with Gasteiger partial charge >= 0.3 is 0 Å². The highest BCUT2D eigenvalue weighted by molar-refractivity contribution is 5.89. The van der Waals surface area contributed by atoms with Gasteiger partial charge in [-0.25, -0.2) is 4.98 Å². The number of fused-ring (bicyclic) bond motifs is 3. The molecule has 36 heavy (non-hydrogen) atoms. The third-order valence-electron chi connectivity index (χ3n) is 7.78. The molecule has 0 bridgehead atoms. The fraction of sp³-hybridized carbons (Fsp3) is 0.516. The molecule has 0 saturated carbocycles. The first kappa shape index (κ1) is 24.9. The largest absolute Gasteiger partial charge is 0.496 e. The lowest BCUT2D eigenvalue weighted by Gasteiger charge is -2.17. The Morgan fingerprint density at radius 1 is 1.00 bits per heavy atom. The van der Waals surface area contributed by atoms with Crippen LogP contribution in [0.1, 0.15) is 60.9 Å². The Bertz CT molecular complexity index is 1240. The summed E-state index contributed by atoms with van der Waals surface area (Å²) in [6, 6.07) is 10.8. The first-order chi connectivity index (χ1) is 17.3. The normalized spacial score (nSPS) is 16.9. The molecule has 0 spiro atoms. The van der Waals surface area contributed by atoms with Gasteiger partial charge in [0.2, 0.25) is 0 Å². The Balaban J connectivity index is 1.40. The SMILES string of the molecule is COc1cc(C)ccc1CNc1nc2cc(OCCCN3CCCC3)c(C)cc2c2c1CC(C)(C)C2. The fourth-order valence-electron chi connectivity index (χ4n) is 5.87. The maximum atomic E-state index is 6.27. The summed E-state index contributed by atoms with van der Waals surface area (Å²) < 4.78 is 11.9. The lowest BCUT2D eigenvalue weighted by Crippen LogP contribution is -2.22. The Labute approximate surface area is 216 Å². The molecule has 0 unspecified atom stereocenters. The number of benzene rings is 2. The Morgan fingerprint density at radius 3 is 2.56 bits per heavy atom. The van der Waals surface area contributed by atoms with Crippen molar-refractivity contribution in [3.63, 3.8) is 0 Å². The number of methoxy groups -OCH3 is 1. The van der Waals surface area contributed by atoms with Gasteiger partial charge in [0.05, 0.1) is 19.2 Å². The molecule has 1 saturated heterocycles. The number of rotatable bonds is 9. The number of pyridine rings is 1. The highest BCUT2D eigenvalue weighted by Crippen LogP contribution is 2.43. The van der Waals surface area contributed by atoms with Gasteiger partial charge in [0.15, 0.2) is 0 Å². The van der Waals surface area contributed by atoms with Gasteiger partial charge in [-0.05, 0) is 98.8 Å². The van der Waals surface area contributed by atoms with Crippen molar-refractivity contribution in [2.24, 2.45) is 5.41 Å². The summed E-state index contributed by atoms with van der Waals surface area (Å²) >= 11 is 0. The number of hydrogen-bond donors (Lipinski definition) is 1. The zero-order chi connectivity index (χ0) is 25.3. The van der Waals surface area contributed by atoms with Crippen molar-refractivity contribution in [3.05, 3.63) is 58.1 Å². The van der Waals surface area contributed by atoms with Crippen molar-refractivity contribution >= 4 is 16.7 Å². The number of aryl methyl sites for hydroxylation is 2. The Morgan fingerprint density at radius 2 is 1.78 bits per heavy atom. The third-order valence-corrected chi connectivity index (χ3v) is 7.78. The van der Waals surface area contributed by atoms with E-state index in [0.29, 0.717) is 6.54 Å². The molecule has 2 aromatic carbocycles. The van der Waals surface area contributed by atoms with Crippen LogP contribution in [0.5, 0.6) is 11.5 Å². The molecule has 5 rings (SSSR count). The summed E-state index contributed by atoms with van der Waals surface area (Å²) in [7, 11) is 1.74. The lowest BCUT2D eigenvalue weighted by atomic mass is 9.90. The summed E-state index contributed by atoms with van der Waals surface area (Å²) in [6.45, 7) is 14.0. The fourth-order valence-corrected chi connectivity index (χ4v) is 5.87. The first-order valence-electron chi connectivity index (χ1n) is 13.5. The summed E-state index contributed by atoms with van der Waals surface area (Å²) in [5.74, 6) is 2.87. The number of nitrogens with zero attached hydrogens (tertiary/aromatic N) is 2. The molecule has 2 heterocycles. The summed E-state index contributed by atoms with van der Waals surface area (Å²) in [4.78, 5) is 7.70. The molecule has 0 atom stereocenters. The van der Waals surface area contributed by atoms with E-state index < -0.39 is 0 Å². The van der Waals surface area contributed by atoms with Crippen molar-refractivity contribution < 1.29 is 9.47 Å². The highest BCUT2D eigenvalue weighted by Gasteiger charge is 2.33. The van der Waals surface area contributed by atoms with E-state index in [1.165, 1.54) is 53.6 Å². The minimum atomic E-state index is 0.231. The van der Waals surface area contributed by atoms with Gasteiger partial charge in [-0.1, -0.05) is 26.0 Å². The van der Waals surface area contributed by atoms with Crippen LogP contribution in [0.15, 0.2) is 30.3 Å². The number of anilines is 1. The van der Waals surface area contributed by atoms with E-state index in [0.717, 1.165) is 60.8 Å². The smallest absolute Gasteiger partial charge is 0.130 e. The van der Waals surface area contributed by atoms with E-state index in [9.17, 15) is 0 Å². The maximum absolute atomic E-state index is 6.27. The number of nitrogens with one attached hydrogen (secondary N) is 1. The van der Waals surface area contributed by atoms with Gasteiger partial charge in [-0.2, -0.15) is 0 Å². The van der Waals surface area contributed by atoms with Gasteiger partial charge in [-0.15, -0.1) is 0 Å². The van der Waals surface area contributed by atoms with E-state index in [1.807, 2.05) is 0 Å². The van der Waals surface area contributed by atoms with Crippen molar-refractivity contribution in [2.45, 2.75) is 66.3 Å². The number of ether oxygens (including phenoxy) is 2. The minimum absolute atomic E-state index is 0.231. The van der Waals surface area contributed by atoms with Gasteiger partial charge in [0.25, 0.3) is 0 Å². The minimum Gasteiger partial charge on any atom is -0.496 e. The van der Waals surface area contributed by atoms with Crippen molar-refractivity contribution in [1.82, 2.24) is 9.88 Å². The second-order valence-corrected chi connectivity index (χ2v) is 11.5. The highest BCUT2D eigenvalue weighted by atomic mass is 16.5. The van der Waals surface area contributed by atoms with E-state index in [-0.39, 0.29) is 5.41 Å². The zero-order valence-corrected chi connectivity index (χ0v) is 22.7. The molecule has 1 aliphatic carbocycles. The van der Waals surface area contributed by atoms with Gasteiger partial charge in [-0.3, -0.25) is 0 Å². The lowest BCUT2D eigenvalue weighted by molar-refractivity contribution is 0.262. The predicted molar refractivity (Wildman–Crippen MR) is 149 cm³/mol. The molecule has 1 N–H and O–H groups in total. The summed E-state index contributed by atoms with van der Waals surface area (Å²) in [5.41, 5.74) is 7.58. The summed E-state index contributed by atoms with van der Waals surface area (Å²) in [5, 5.41) is 4.94. The quantitative estimate of drug-likeness (QED) is 0.351. The number of aromatic nitrogens is 1. The molecule has 0 amide bonds. The second-order valence-electron chi connectivity index (χ2n) is 11.5. The first-order valence-corrected chi connectivity index (χ1v) is 13.5. The van der Waals surface area contributed by atoms with Gasteiger partial charge < -0.3 is 19.7 Å². The monoisotopic (exact) mass is 487 g/mol. The number of likely N-dealkylation sites (tertiary alicyclic amines) is 1. The Hall–Kier alpha value is -2.79. The molecule has 1 fully saturated rings. The predicted octanol–water partition coefficient (Wildman–Crippen LogP) is 6.46. The number of hydrogen-bond acceptors (Lipinski definition) is 5. The maximum Gasteiger partial charge on any atom is 0.130 e. The molecule has 5 heteroatoms. The zero-order valence-electron chi connectivity index (χ0n) is 22.7. The molecular formula is C31H41N3O2. The molecule has 2 aliphatic rings. The van der Waals surface area contributed by atoms with Crippen LogP contribution in [0.3, 0.4) is 0 Å². The second kappa shape index (κ2) is 10.3. The van der Waals surface area contributed by atoms with Crippen LogP contribution >= 0.6 is 0 Å². The van der Waals surface area contributed by atoms with Crippen molar-refractivity contribution in [3.8, 4) is 11.5 Å². The van der Waals surface area contributed by atoms with E-state index in [4.69, 9.17) is 14.5 Å². The molecule has 1 aromatic heterocycles. The van der Waals surface area contributed by atoms with Crippen LogP contribution in [-0.2, 0) is 19.4 Å². The van der Waals surface area contributed by atoms with Crippen LogP contribution in [0.2, 0.25) is 0 Å². The average Bonchev–Trinajstić information content (AvgIpc) is 3.48. The molecule has 0 radical (unpaired) electrons. The van der Waals surface area contributed by atoms with E-state index in [1.54, 1.807) is 7.11 Å². The van der Waals surface area contributed by atoms with E-state index >= 15 is 0 Å². The molecule has 192 valence electrons. The molecular weight excluding hydrogens is 446 g/mol. The van der Waals surface area contributed by atoms with Crippen LogP contribution in [0.25, 0.3) is 10.9 Å².